The minimum atomic E-state index is 0.968. The van der Waals surface area contributed by atoms with Gasteiger partial charge in [-0.2, -0.15) is 5.10 Å². The molecule has 0 aliphatic carbocycles. The van der Waals surface area contributed by atoms with E-state index in [0.29, 0.717) is 0 Å². The molecule has 1 aliphatic rings. The van der Waals surface area contributed by atoms with Gasteiger partial charge in [-0.1, -0.05) is 42.5 Å². The normalized spacial score (nSPS) is 14.3. The van der Waals surface area contributed by atoms with Crippen molar-refractivity contribution in [3.05, 3.63) is 77.9 Å². The molecule has 3 aromatic carbocycles. The van der Waals surface area contributed by atoms with E-state index in [0.717, 1.165) is 46.1 Å². The molecule has 0 atom stereocenters. The first-order valence-corrected chi connectivity index (χ1v) is 10.2. The number of rotatable bonds is 4. The number of aromatic nitrogens is 1. The number of benzene rings is 3. The zero-order valence-electron chi connectivity index (χ0n) is 16.6. The van der Waals surface area contributed by atoms with Gasteiger partial charge in [-0.25, -0.2) is 4.98 Å². The van der Waals surface area contributed by atoms with Crippen LogP contribution in [0.5, 0.6) is 0 Å². The number of nitrogens with zero attached hydrogens (tertiary/aromatic N) is 3. The summed E-state index contributed by atoms with van der Waals surface area (Å²) in [6.45, 7) is 4.48. The van der Waals surface area contributed by atoms with Gasteiger partial charge in [0, 0.05) is 29.5 Å². The van der Waals surface area contributed by atoms with E-state index in [1.807, 2.05) is 42.6 Å². The summed E-state index contributed by atoms with van der Waals surface area (Å²) in [4.78, 5) is 7.23. The maximum absolute atomic E-state index is 4.77. The molecule has 0 amide bonds. The van der Waals surface area contributed by atoms with Crippen molar-refractivity contribution in [2.45, 2.75) is 19.8 Å². The molecule has 29 heavy (non-hydrogen) atoms. The van der Waals surface area contributed by atoms with E-state index >= 15 is 0 Å². The van der Waals surface area contributed by atoms with Crippen LogP contribution in [0.1, 0.15) is 24.0 Å². The van der Waals surface area contributed by atoms with Crippen molar-refractivity contribution >= 4 is 39.4 Å². The Hall–Kier alpha value is -3.40. The molecule has 0 bridgehead atoms. The second kappa shape index (κ2) is 7.55. The summed E-state index contributed by atoms with van der Waals surface area (Å²) in [5.41, 5.74) is 9.91. The molecule has 1 aromatic heterocycles. The SMILES string of the molecule is Cc1cc(N2CCCC2)ccc1/C=N/Nc1c2ccccc2nc2ccccc12. The lowest BCUT2D eigenvalue weighted by molar-refractivity contribution is 0.949. The molecule has 4 nitrogen and oxygen atoms in total. The first kappa shape index (κ1) is 17.7. The van der Waals surface area contributed by atoms with Gasteiger partial charge in [0.1, 0.15) is 0 Å². The number of anilines is 2. The number of hydrogen-bond donors (Lipinski definition) is 1. The van der Waals surface area contributed by atoms with Crippen LogP contribution in [0.3, 0.4) is 0 Å². The minimum Gasteiger partial charge on any atom is -0.372 e. The summed E-state index contributed by atoms with van der Waals surface area (Å²) >= 11 is 0. The fourth-order valence-corrected chi connectivity index (χ4v) is 4.10. The fourth-order valence-electron chi connectivity index (χ4n) is 4.10. The molecular formula is C25H24N4. The van der Waals surface area contributed by atoms with Crippen molar-refractivity contribution in [3.8, 4) is 0 Å². The van der Waals surface area contributed by atoms with E-state index in [9.17, 15) is 0 Å². The van der Waals surface area contributed by atoms with E-state index < -0.39 is 0 Å². The third-order valence-electron chi connectivity index (χ3n) is 5.69. The lowest BCUT2D eigenvalue weighted by Crippen LogP contribution is -2.17. The number of fused-ring (bicyclic) bond motifs is 2. The maximum Gasteiger partial charge on any atom is 0.0749 e. The highest BCUT2D eigenvalue weighted by Crippen LogP contribution is 2.30. The van der Waals surface area contributed by atoms with E-state index in [4.69, 9.17) is 4.98 Å². The number of aryl methyl sites for hydroxylation is 1. The van der Waals surface area contributed by atoms with Crippen LogP contribution in [0.15, 0.2) is 71.8 Å². The maximum atomic E-state index is 4.77. The summed E-state index contributed by atoms with van der Waals surface area (Å²) < 4.78 is 0. The standard InChI is InChI=1S/C25H24N4/c1-18-16-20(29-14-6-7-15-29)13-12-19(18)17-26-28-25-21-8-2-4-10-23(21)27-24-11-5-3-9-22(24)25/h2-5,8-13,16-17H,6-7,14-15H2,1H3,(H,27,28)/b26-17+. The molecule has 0 unspecified atom stereocenters. The molecule has 0 spiro atoms. The Morgan fingerprint density at radius 1 is 0.897 bits per heavy atom. The third-order valence-corrected chi connectivity index (χ3v) is 5.69. The lowest BCUT2D eigenvalue weighted by Gasteiger charge is -2.18. The molecule has 0 saturated carbocycles. The molecule has 0 radical (unpaired) electrons. The van der Waals surface area contributed by atoms with Crippen molar-refractivity contribution in [2.24, 2.45) is 5.10 Å². The molecule has 144 valence electrons. The van der Waals surface area contributed by atoms with E-state index in [2.05, 4.69) is 52.7 Å². The largest absolute Gasteiger partial charge is 0.372 e. The van der Waals surface area contributed by atoms with E-state index in [1.54, 1.807) is 0 Å². The summed E-state index contributed by atoms with van der Waals surface area (Å²) in [5.74, 6) is 0. The van der Waals surface area contributed by atoms with Gasteiger partial charge < -0.3 is 4.90 Å². The van der Waals surface area contributed by atoms with Crippen LogP contribution in [0.2, 0.25) is 0 Å². The highest BCUT2D eigenvalue weighted by Gasteiger charge is 2.13. The van der Waals surface area contributed by atoms with Gasteiger partial charge >= 0.3 is 0 Å². The molecule has 1 N–H and O–H groups in total. The second-order valence-corrected chi connectivity index (χ2v) is 7.63. The molecular weight excluding hydrogens is 356 g/mol. The van der Waals surface area contributed by atoms with Crippen molar-refractivity contribution in [1.29, 1.82) is 0 Å². The van der Waals surface area contributed by atoms with Crippen LogP contribution in [0.4, 0.5) is 11.4 Å². The van der Waals surface area contributed by atoms with Crippen molar-refractivity contribution in [3.63, 3.8) is 0 Å². The van der Waals surface area contributed by atoms with Crippen LogP contribution in [0.25, 0.3) is 21.8 Å². The Labute approximate surface area is 170 Å². The average molecular weight is 380 g/mol. The Balaban J connectivity index is 1.46. The zero-order valence-corrected chi connectivity index (χ0v) is 16.6. The quantitative estimate of drug-likeness (QED) is 0.279. The monoisotopic (exact) mass is 380 g/mol. The number of hydrogen-bond acceptors (Lipinski definition) is 4. The molecule has 4 heteroatoms. The summed E-state index contributed by atoms with van der Waals surface area (Å²) in [6, 6.07) is 23.0. The van der Waals surface area contributed by atoms with Gasteiger partial charge in [0.15, 0.2) is 0 Å². The van der Waals surface area contributed by atoms with Crippen molar-refractivity contribution < 1.29 is 0 Å². The average Bonchev–Trinajstić information content (AvgIpc) is 3.29. The van der Waals surface area contributed by atoms with Crippen LogP contribution in [0, 0.1) is 6.92 Å². The number of nitrogens with one attached hydrogen (secondary N) is 1. The number of pyridine rings is 1. The van der Waals surface area contributed by atoms with Gasteiger partial charge in [0.05, 0.1) is 22.9 Å². The van der Waals surface area contributed by atoms with Crippen molar-refractivity contribution in [1.82, 2.24) is 4.98 Å². The van der Waals surface area contributed by atoms with E-state index in [-0.39, 0.29) is 0 Å². The van der Waals surface area contributed by atoms with Crippen molar-refractivity contribution in [2.75, 3.05) is 23.4 Å². The highest BCUT2D eigenvalue weighted by atomic mass is 15.3. The molecule has 5 rings (SSSR count). The predicted molar refractivity (Wildman–Crippen MR) is 123 cm³/mol. The minimum absolute atomic E-state index is 0.968. The highest BCUT2D eigenvalue weighted by molar-refractivity contribution is 6.07. The number of para-hydroxylation sites is 2. The lowest BCUT2D eigenvalue weighted by atomic mass is 10.1. The van der Waals surface area contributed by atoms with E-state index in [1.165, 1.54) is 24.1 Å². The van der Waals surface area contributed by atoms with Gasteiger partial charge in [0.2, 0.25) is 0 Å². The third kappa shape index (κ3) is 3.42. The Morgan fingerprint density at radius 3 is 2.21 bits per heavy atom. The first-order valence-electron chi connectivity index (χ1n) is 10.2. The van der Waals surface area contributed by atoms with Crippen LogP contribution in [-0.4, -0.2) is 24.3 Å². The zero-order chi connectivity index (χ0) is 19.6. The van der Waals surface area contributed by atoms with Crippen LogP contribution in [-0.2, 0) is 0 Å². The first-order chi connectivity index (χ1) is 14.3. The van der Waals surface area contributed by atoms with Gasteiger partial charge in [-0.15, -0.1) is 0 Å². The second-order valence-electron chi connectivity index (χ2n) is 7.63. The van der Waals surface area contributed by atoms with Gasteiger partial charge in [0.25, 0.3) is 0 Å². The summed E-state index contributed by atoms with van der Waals surface area (Å²) in [5, 5.41) is 6.73. The molecule has 1 saturated heterocycles. The molecule has 1 aliphatic heterocycles. The number of hydrazone groups is 1. The Bertz CT molecular complexity index is 1150. The molecule has 2 heterocycles. The fraction of sp³-hybridized carbons (Fsp3) is 0.200. The predicted octanol–water partition coefficient (Wildman–Crippen LogP) is 5.74. The van der Waals surface area contributed by atoms with Gasteiger partial charge in [-0.3, -0.25) is 5.43 Å². The smallest absolute Gasteiger partial charge is 0.0749 e. The van der Waals surface area contributed by atoms with Crippen LogP contribution < -0.4 is 10.3 Å². The van der Waals surface area contributed by atoms with Crippen LogP contribution >= 0.6 is 0 Å². The molecule has 1 fully saturated rings. The molecule has 4 aromatic rings. The summed E-state index contributed by atoms with van der Waals surface area (Å²) in [6.07, 6.45) is 4.49. The Morgan fingerprint density at radius 2 is 1.55 bits per heavy atom. The summed E-state index contributed by atoms with van der Waals surface area (Å²) in [7, 11) is 0. The Kier molecular flexibility index (Phi) is 4.60. The topological polar surface area (TPSA) is 40.5 Å². The van der Waals surface area contributed by atoms with Gasteiger partial charge in [-0.05, 0) is 55.2 Å².